The van der Waals surface area contributed by atoms with Gasteiger partial charge in [-0.3, -0.25) is 4.90 Å². The number of nitrogens with one attached hydrogen (secondary N) is 1. The molecule has 0 amide bonds. The van der Waals surface area contributed by atoms with E-state index in [1.54, 1.807) is 10.6 Å². The molecule has 102 valence electrons. The minimum Gasteiger partial charge on any atom is -0.369 e. The highest BCUT2D eigenvalue weighted by Gasteiger charge is 2.10. The summed E-state index contributed by atoms with van der Waals surface area (Å²) >= 11 is 7.99. The van der Waals surface area contributed by atoms with Gasteiger partial charge in [0.2, 0.25) is 0 Å². The van der Waals surface area contributed by atoms with Crippen LogP contribution in [-0.4, -0.2) is 62.2 Å². The SMILES string of the molecule is Clc1cc(NCCN2CCSCC2)n2ncnc2n1. The maximum absolute atomic E-state index is 5.96. The van der Waals surface area contributed by atoms with Gasteiger partial charge in [0.15, 0.2) is 0 Å². The Bertz CT molecular complexity index is 553. The molecule has 1 aliphatic heterocycles. The van der Waals surface area contributed by atoms with Crippen LogP contribution in [0.25, 0.3) is 5.78 Å². The molecule has 2 aromatic heterocycles. The van der Waals surface area contributed by atoms with E-state index in [0.29, 0.717) is 10.9 Å². The standard InChI is InChI=1S/C11H15ClN6S/c12-9-7-10(18-11(16-9)14-8-15-18)13-1-2-17-3-5-19-6-4-17/h7-8,13H,1-6H2. The quantitative estimate of drug-likeness (QED) is 0.857. The fraction of sp³-hybridized carbons (Fsp3) is 0.545. The molecule has 0 saturated carbocycles. The number of fused-ring (bicyclic) bond motifs is 1. The van der Waals surface area contributed by atoms with Gasteiger partial charge in [-0.1, -0.05) is 11.6 Å². The van der Waals surface area contributed by atoms with Crippen LogP contribution in [0.2, 0.25) is 5.15 Å². The summed E-state index contributed by atoms with van der Waals surface area (Å²) < 4.78 is 1.66. The molecule has 3 heterocycles. The van der Waals surface area contributed by atoms with E-state index in [4.69, 9.17) is 11.6 Å². The zero-order valence-corrected chi connectivity index (χ0v) is 12.0. The first-order chi connectivity index (χ1) is 9.33. The predicted molar refractivity (Wildman–Crippen MR) is 78.0 cm³/mol. The van der Waals surface area contributed by atoms with Gasteiger partial charge in [0.05, 0.1) is 0 Å². The van der Waals surface area contributed by atoms with E-state index in [1.165, 1.54) is 30.9 Å². The predicted octanol–water partition coefficient (Wildman–Crippen LogP) is 1.24. The Morgan fingerprint density at radius 1 is 1.37 bits per heavy atom. The van der Waals surface area contributed by atoms with Gasteiger partial charge >= 0.3 is 0 Å². The highest BCUT2D eigenvalue weighted by molar-refractivity contribution is 7.99. The molecule has 0 aliphatic carbocycles. The molecule has 0 radical (unpaired) electrons. The smallest absolute Gasteiger partial charge is 0.255 e. The lowest BCUT2D eigenvalue weighted by Gasteiger charge is -2.26. The number of nitrogens with zero attached hydrogens (tertiary/aromatic N) is 5. The van der Waals surface area contributed by atoms with Gasteiger partial charge in [0.1, 0.15) is 17.3 Å². The summed E-state index contributed by atoms with van der Waals surface area (Å²) in [5.41, 5.74) is 0. The number of rotatable bonds is 4. The minimum atomic E-state index is 0.428. The van der Waals surface area contributed by atoms with Crippen LogP contribution < -0.4 is 5.32 Å². The molecule has 6 nitrogen and oxygen atoms in total. The van der Waals surface area contributed by atoms with Crippen molar-refractivity contribution in [3.8, 4) is 0 Å². The zero-order chi connectivity index (χ0) is 13.1. The Morgan fingerprint density at radius 2 is 2.21 bits per heavy atom. The lowest BCUT2D eigenvalue weighted by atomic mass is 10.4. The summed E-state index contributed by atoms with van der Waals surface area (Å²) in [5, 5.41) is 7.91. The van der Waals surface area contributed by atoms with E-state index >= 15 is 0 Å². The van der Waals surface area contributed by atoms with E-state index in [-0.39, 0.29) is 0 Å². The van der Waals surface area contributed by atoms with Crippen molar-refractivity contribution in [1.82, 2.24) is 24.5 Å². The molecule has 1 saturated heterocycles. The van der Waals surface area contributed by atoms with Crippen LogP contribution in [0.3, 0.4) is 0 Å². The van der Waals surface area contributed by atoms with E-state index in [2.05, 4.69) is 25.3 Å². The largest absolute Gasteiger partial charge is 0.369 e. The fourth-order valence-electron chi connectivity index (χ4n) is 2.08. The minimum absolute atomic E-state index is 0.428. The molecule has 1 fully saturated rings. The molecule has 8 heteroatoms. The second-order valence-electron chi connectivity index (χ2n) is 4.32. The van der Waals surface area contributed by atoms with Gasteiger partial charge in [-0.2, -0.15) is 31.3 Å². The van der Waals surface area contributed by atoms with Crippen molar-refractivity contribution in [2.75, 3.05) is 43.0 Å². The van der Waals surface area contributed by atoms with Gasteiger partial charge < -0.3 is 5.32 Å². The second kappa shape index (κ2) is 5.94. The Kier molecular flexibility index (Phi) is 4.05. The molecule has 3 rings (SSSR count). The average molecular weight is 299 g/mol. The van der Waals surface area contributed by atoms with Crippen molar-refractivity contribution < 1.29 is 0 Å². The van der Waals surface area contributed by atoms with E-state index in [1.807, 2.05) is 11.8 Å². The number of hydrogen-bond acceptors (Lipinski definition) is 6. The summed E-state index contributed by atoms with van der Waals surface area (Å²) in [6, 6.07) is 1.77. The summed E-state index contributed by atoms with van der Waals surface area (Å²) in [5.74, 6) is 3.81. The van der Waals surface area contributed by atoms with Gasteiger partial charge in [-0.15, -0.1) is 0 Å². The van der Waals surface area contributed by atoms with Crippen molar-refractivity contribution in [2.24, 2.45) is 0 Å². The molecule has 1 aliphatic rings. The first-order valence-corrected chi connectivity index (χ1v) is 7.76. The molecule has 0 spiro atoms. The van der Waals surface area contributed by atoms with Gasteiger partial charge in [0.25, 0.3) is 5.78 Å². The van der Waals surface area contributed by atoms with Crippen molar-refractivity contribution in [3.63, 3.8) is 0 Å². The van der Waals surface area contributed by atoms with Gasteiger partial charge in [-0.05, 0) is 0 Å². The molecular weight excluding hydrogens is 284 g/mol. The topological polar surface area (TPSA) is 58.4 Å². The first kappa shape index (κ1) is 13.0. The van der Waals surface area contributed by atoms with Crippen LogP contribution in [0.15, 0.2) is 12.4 Å². The van der Waals surface area contributed by atoms with Gasteiger partial charge in [0, 0.05) is 43.8 Å². The van der Waals surface area contributed by atoms with Crippen LogP contribution in [0.1, 0.15) is 0 Å². The molecule has 1 N–H and O–H groups in total. The third-order valence-electron chi connectivity index (χ3n) is 3.06. The molecule has 0 bridgehead atoms. The van der Waals surface area contributed by atoms with Crippen molar-refractivity contribution in [2.45, 2.75) is 0 Å². The number of hydrogen-bond donors (Lipinski definition) is 1. The summed E-state index contributed by atoms with van der Waals surface area (Å²) in [6.45, 7) is 4.22. The summed E-state index contributed by atoms with van der Waals surface area (Å²) in [6.07, 6.45) is 1.48. The lowest BCUT2D eigenvalue weighted by Crippen LogP contribution is -2.36. The van der Waals surface area contributed by atoms with Crippen molar-refractivity contribution >= 4 is 35.0 Å². The lowest BCUT2D eigenvalue weighted by molar-refractivity contribution is 0.314. The molecule has 0 unspecified atom stereocenters. The third kappa shape index (κ3) is 3.10. The Hall–Kier alpha value is -1.05. The van der Waals surface area contributed by atoms with Crippen LogP contribution in [0.4, 0.5) is 5.82 Å². The molecule has 19 heavy (non-hydrogen) atoms. The number of halogens is 1. The zero-order valence-electron chi connectivity index (χ0n) is 10.4. The summed E-state index contributed by atoms with van der Waals surface area (Å²) in [4.78, 5) is 10.6. The van der Waals surface area contributed by atoms with Crippen LogP contribution >= 0.6 is 23.4 Å². The number of aromatic nitrogens is 4. The average Bonchev–Trinajstić information content (AvgIpc) is 2.88. The highest BCUT2D eigenvalue weighted by atomic mass is 35.5. The number of anilines is 1. The van der Waals surface area contributed by atoms with Crippen LogP contribution in [-0.2, 0) is 0 Å². The normalized spacial score (nSPS) is 16.9. The number of thioether (sulfide) groups is 1. The highest BCUT2D eigenvalue weighted by Crippen LogP contribution is 2.14. The van der Waals surface area contributed by atoms with Crippen LogP contribution in [0.5, 0.6) is 0 Å². The fourth-order valence-corrected chi connectivity index (χ4v) is 3.23. The van der Waals surface area contributed by atoms with Crippen molar-refractivity contribution in [3.05, 3.63) is 17.5 Å². The molecule has 2 aromatic rings. The van der Waals surface area contributed by atoms with Gasteiger partial charge in [-0.25, -0.2) is 0 Å². The first-order valence-electron chi connectivity index (χ1n) is 6.23. The third-order valence-corrected chi connectivity index (χ3v) is 4.19. The second-order valence-corrected chi connectivity index (χ2v) is 5.93. The Morgan fingerprint density at radius 3 is 3.05 bits per heavy atom. The van der Waals surface area contributed by atoms with Crippen LogP contribution in [0, 0.1) is 0 Å². The Labute approximate surface area is 120 Å². The molecule has 0 atom stereocenters. The van der Waals surface area contributed by atoms with E-state index in [0.717, 1.165) is 18.9 Å². The maximum atomic E-state index is 5.96. The summed E-state index contributed by atoms with van der Waals surface area (Å²) in [7, 11) is 0. The molecule has 0 aromatic carbocycles. The van der Waals surface area contributed by atoms with E-state index < -0.39 is 0 Å². The maximum Gasteiger partial charge on any atom is 0.255 e. The Balaban J connectivity index is 1.63. The molecular formula is C11H15ClN6S. The monoisotopic (exact) mass is 298 g/mol. The van der Waals surface area contributed by atoms with Crippen molar-refractivity contribution in [1.29, 1.82) is 0 Å². The van der Waals surface area contributed by atoms with E-state index in [9.17, 15) is 0 Å².